The Labute approximate surface area is 218 Å². The first-order valence-electron chi connectivity index (χ1n) is 13.1. The van der Waals surface area contributed by atoms with Crippen molar-refractivity contribution in [2.45, 2.75) is 18.9 Å². The van der Waals surface area contributed by atoms with Crippen molar-refractivity contribution < 1.29 is 19.0 Å². The lowest BCUT2D eigenvalue weighted by Crippen LogP contribution is -2.54. The molecule has 1 saturated heterocycles. The summed E-state index contributed by atoms with van der Waals surface area (Å²) in [6.07, 6.45) is 1.94. The molecule has 7 nitrogen and oxygen atoms in total. The first-order chi connectivity index (χ1) is 18.2. The first kappa shape index (κ1) is 23.7. The van der Waals surface area contributed by atoms with Gasteiger partial charge in [0, 0.05) is 44.0 Å². The van der Waals surface area contributed by atoms with Crippen LogP contribution in [0.4, 0.5) is 11.4 Å². The lowest BCUT2D eigenvalue weighted by atomic mass is 9.94. The van der Waals surface area contributed by atoms with E-state index < -0.39 is 0 Å². The van der Waals surface area contributed by atoms with E-state index in [0.29, 0.717) is 18.8 Å². The van der Waals surface area contributed by atoms with Crippen molar-refractivity contribution >= 4 is 17.3 Å². The van der Waals surface area contributed by atoms with Gasteiger partial charge in [-0.2, -0.15) is 0 Å². The zero-order valence-corrected chi connectivity index (χ0v) is 21.3. The Hall–Kier alpha value is -3.71. The zero-order valence-electron chi connectivity index (χ0n) is 21.3. The predicted octanol–water partition coefficient (Wildman–Crippen LogP) is 4.25. The minimum absolute atomic E-state index is 0.0477. The number of carbonyl (C=O) groups is 1. The fourth-order valence-corrected chi connectivity index (χ4v) is 5.70. The van der Waals surface area contributed by atoms with Gasteiger partial charge in [-0.25, -0.2) is 0 Å². The highest BCUT2D eigenvalue weighted by molar-refractivity contribution is 6.07. The third-order valence-corrected chi connectivity index (χ3v) is 7.65. The van der Waals surface area contributed by atoms with Crippen LogP contribution in [-0.2, 0) is 6.42 Å². The molecule has 3 aromatic rings. The number of rotatable bonds is 5. The number of hydrogen-bond acceptors (Lipinski definition) is 6. The second-order valence-corrected chi connectivity index (χ2v) is 9.81. The van der Waals surface area contributed by atoms with Gasteiger partial charge in [-0.15, -0.1) is 0 Å². The van der Waals surface area contributed by atoms with Gasteiger partial charge in [-0.3, -0.25) is 9.69 Å². The van der Waals surface area contributed by atoms with E-state index in [1.165, 1.54) is 5.56 Å². The van der Waals surface area contributed by atoms with Gasteiger partial charge in [0.1, 0.15) is 19.0 Å². The molecule has 1 atom stereocenters. The molecule has 0 aromatic heterocycles. The molecule has 1 unspecified atom stereocenters. The van der Waals surface area contributed by atoms with Crippen LogP contribution in [0.15, 0.2) is 66.7 Å². The van der Waals surface area contributed by atoms with E-state index in [9.17, 15) is 4.79 Å². The van der Waals surface area contributed by atoms with Crippen LogP contribution >= 0.6 is 0 Å². The van der Waals surface area contributed by atoms with Crippen molar-refractivity contribution in [3.63, 3.8) is 0 Å². The summed E-state index contributed by atoms with van der Waals surface area (Å²) in [5, 5.41) is 0. The van der Waals surface area contributed by atoms with Crippen LogP contribution in [0.2, 0.25) is 0 Å². The molecule has 1 amide bonds. The third-order valence-electron chi connectivity index (χ3n) is 7.65. The highest BCUT2D eigenvalue weighted by atomic mass is 16.6. The Morgan fingerprint density at radius 3 is 2.46 bits per heavy atom. The van der Waals surface area contributed by atoms with Crippen LogP contribution in [0.5, 0.6) is 17.2 Å². The number of para-hydroxylation sites is 2. The number of benzene rings is 3. The molecule has 7 heteroatoms. The Bertz CT molecular complexity index is 1250. The average Bonchev–Trinajstić information content (AvgIpc) is 2.97. The maximum absolute atomic E-state index is 13.8. The number of aryl methyl sites for hydroxylation is 1. The summed E-state index contributed by atoms with van der Waals surface area (Å²) in [5.41, 5.74) is 4.07. The van der Waals surface area contributed by atoms with E-state index in [1.54, 1.807) is 7.11 Å². The summed E-state index contributed by atoms with van der Waals surface area (Å²) in [5.74, 6) is 2.50. The topological polar surface area (TPSA) is 54.5 Å². The highest BCUT2D eigenvalue weighted by Crippen LogP contribution is 2.40. The molecule has 0 aliphatic carbocycles. The van der Waals surface area contributed by atoms with Gasteiger partial charge in [0.15, 0.2) is 11.5 Å². The van der Waals surface area contributed by atoms with Gasteiger partial charge in [0.05, 0.1) is 18.8 Å². The number of fused-ring (bicyclic) bond motifs is 2. The number of amides is 1. The van der Waals surface area contributed by atoms with Gasteiger partial charge in [0.2, 0.25) is 0 Å². The molecule has 3 aliphatic heterocycles. The van der Waals surface area contributed by atoms with Crippen LogP contribution in [0.3, 0.4) is 0 Å². The fraction of sp³-hybridized carbons (Fsp3) is 0.367. The molecule has 37 heavy (non-hydrogen) atoms. The number of carbonyl (C=O) groups excluding carboxylic acids is 1. The van der Waals surface area contributed by atoms with E-state index in [1.807, 2.05) is 47.4 Å². The van der Waals surface area contributed by atoms with E-state index in [-0.39, 0.29) is 11.9 Å². The molecule has 3 aromatic carbocycles. The number of hydrogen-bond donors (Lipinski definition) is 0. The van der Waals surface area contributed by atoms with E-state index in [0.717, 1.165) is 74.2 Å². The molecule has 0 radical (unpaired) electrons. The molecule has 6 rings (SSSR count). The van der Waals surface area contributed by atoms with E-state index in [2.05, 4.69) is 34.1 Å². The monoisotopic (exact) mass is 499 g/mol. The van der Waals surface area contributed by atoms with Crippen molar-refractivity contribution in [2.24, 2.45) is 0 Å². The summed E-state index contributed by atoms with van der Waals surface area (Å²) < 4.78 is 17.0. The molecule has 3 heterocycles. The molecule has 0 bridgehead atoms. The molecule has 192 valence electrons. The summed E-state index contributed by atoms with van der Waals surface area (Å²) in [7, 11) is 1.64. The maximum Gasteiger partial charge on any atom is 0.258 e. The Balaban J connectivity index is 1.18. The molecular formula is C30H33N3O4. The number of methoxy groups -OCH3 is 1. The minimum Gasteiger partial charge on any atom is -0.497 e. The van der Waals surface area contributed by atoms with Crippen LogP contribution < -0.4 is 24.0 Å². The molecular weight excluding hydrogens is 466 g/mol. The first-order valence-corrected chi connectivity index (χ1v) is 13.1. The van der Waals surface area contributed by atoms with Crippen molar-refractivity contribution in [3.05, 3.63) is 77.9 Å². The summed E-state index contributed by atoms with van der Waals surface area (Å²) in [6, 6.07) is 22.0. The Morgan fingerprint density at radius 1 is 0.892 bits per heavy atom. The second-order valence-electron chi connectivity index (χ2n) is 9.81. The number of piperazine rings is 1. The SMILES string of the molecule is COc1ccc(C(=O)N2c3ccccc3CCC2CN2CCN(c3cccc4c3OCCO4)CC2)cc1. The van der Waals surface area contributed by atoms with Crippen LogP contribution in [0.1, 0.15) is 22.3 Å². The molecule has 0 spiro atoms. The van der Waals surface area contributed by atoms with Crippen molar-refractivity contribution in [1.82, 2.24) is 4.90 Å². The van der Waals surface area contributed by atoms with Crippen molar-refractivity contribution in [1.29, 1.82) is 0 Å². The van der Waals surface area contributed by atoms with Gasteiger partial charge in [-0.05, 0) is 60.9 Å². The van der Waals surface area contributed by atoms with Gasteiger partial charge >= 0.3 is 0 Å². The van der Waals surface area contributed by atoms with Gasteiger partial charge in [0.25, 0.3) is 5.91 Å². The normalized spacial score (nSPS) is 19.3. The zero-order chi connectivity index (χ0) is 25.2. The van der Waals surface area contributed by atoms with Crippen LogP contribution in [-0.4, -0.2) is 69.9 Å². The smallest absolute Gasteiger partial charge is 0.258 e. The second kappa shape index (κ2) is 10.3. The van der Waals surface area contributed by atoms with Crippen LogP contribution in [0, 0.1) is 0 Å². The largest absolute Gasteiger partial charge is 0.497 e. The van der Waals surface area contributed by atoms with E-state index >= 15 is 0 Å². The number of nitrogens with zero attached hydrogens (tertiary/aromatic N) is 3. The molecule has 0 N–H and O–H groups in total. The fourth-order valence-electron chi connectivity index (χ4n) is 5.70. The summed E-state index contributed by atoms with van der Waals surface area (Å²) in [6.45, 7) is 5.74. The standard InChI is InChI=1S/C30H33N3O4/c1-35-25-13-10-23(11-14-25)30(34)33-24(12-9-22-5-2-3-6-26(22)33)21-31-15-17-32(18-16-31)27-7-4-8-28-29(27)37-20-19-36-28/h2-8,10-11,13-14,24H,9,12,15-21H2,1H3. The van der Waals surface area contributed by atoms with Crippen molar-refractivity contribution in [3.8, 4) is 17.2 Å². The Morgan fingerprint density at radius 2 is 1.65 bits per heavy atom. The minimum atomic E-state index is 0.0477. The predicted molar refractivity (Wildman–Crippen MR) is 144 cm³/mol. The summed E-state index contributed by atoms with van der Waals surface area (Å²) >= 11 is 0. The average molecular weight is 500 g/mol. The molecule has 0 saturated carbocycles. The lowest BCUT2D eigenvalue weighted by molar-refractivity contribution is 0.0963. The quantitative estimate of drug-likeness (QED) is 0.523. The van der Waals surface area contributed by atoms with Crippen molar-refractivity contribution in [2.75, 3.05) is 62.8 Å². The molecule has 1 fully saturated rings. The van der Waals surface area contributed by atoms with Gasteiger partial charge < -0.3 is 24.0 Å². The summed E-state index contributed by atoms with van der Waals surface area (Å²) in [4.78, 5) is 20.7. The number of ether oxygens (including phenoxy) is 3. The molecule has 3 aliphatic rings. The van der Waals surface area contributed by atoms with Gasteiger partial charge in [-0.1, -0.05) is 24.3 Å². The third kappa shape index (κ3) is 4.71. The number of anilines is 2. The highest BCUT2D eigenvalue weighted by Gasteiger charge is 2.34. The van der Waals surface area contributed by atoms with E-state index in [4.69, 9.17) is 14.2 Å². The van der Waals surface area contributed by atoms with Crippen LogP contribution in [0.25, 0.3) is 0 Å². The maximum atomic E-state index is 13.8. The Kier molecular flexibility index (Phi) is 6.62. The lowest BCUT2D eigenvalue weighted by Gasteiger charge is -2.43.